The molecule has 0 aliphatic rings. The Bertz CT molecular complexity index is 353. The summed E-state index contributed by atoms with van der Waals surface area (Å²) in [6.45, 7) is 5.42. The number of hydrogen-bond donors (Lipinski definition) is 1. The Balaban J connectivity index is 2.90. The van der Waals surface area contributed by atoms with Crippen LogP contribution in [0, 0.1) is 11.6 Å². The van der Waals surface area contributed by atoms with E-state index in [0.29, 0.717) is 0 Å². The van der Waals surface area contributed by atoms with Crippen LogP contribution in [0.25, 0.3) is 0 Å². The minimum Gasteiger partial charge on any atom is -0.361 e. The predicted molar refractivity (Wildman–Crippen MR) is 57.2 cm³/mol. The molecule has 1 N–H and O–H groups in total. The minimum atomic E-state index is -0.722. The lowest BCUT2D eigenvalue weighted by atomic mass is 10.0. The van der Waals surface area contributed by atoms with Gasteiger partial charge in [0.25, 0.3) is 0 Å². The maximum Gasteiger partial charge on any atom is 0.168 e. The molecule has 0 aliphatic carbocycles. The largest absolute Gasteiger partial charge is 0.361 e. The van der Waals surface area contributed by atoms with E-state index in [0.717, 1.165) is 12.3 Å². The maximum absolute atomic E-state index is 13.2. The normalized spacial score (nSPS) is 13.7. The van der Waals surface area contributed by atoms with E-state index in [4.69, 9.17) is 11.6 Å². The Morgan fingerprint density at radius 1 is 1.47 bits per heavy atom. The summed E-state index contributed by atoms with van der Waals surface area (Å²) in [5.74, 6) is -1.41. The topological polar surface area (TPSA) is 24.9 Å². The summed E-state index contributed by atoms with van der Waals surface area (Å²) < 4.78 is 25.8. The fraction of sp³-hybridized carbons (Fsp3) is 0.500. The molecule has 0 bridgehead atoms. The number of nitrogens with zero attached hydrogens (tertiary/aromatic N) is 1. The Hall–Kier alpha value is -0.900. The van der Waals surface area contributed by atoms with Crippen LogP contribution in [0.3, 0.4) is 0 Å². The Kier molecular flexibility index (Phi) is 3.50. The van der Waals surface area contributed by atoms with Gasteiger partial charge in [-0.15, -0.1) is 11.6 Å². The zero-order chi connectivity index (χ0) is 11.6. The molecule has 1 aromatic rings. The first-order chi connectivity index (χ1) is 6.83. The number of hydrogen-bond acceptors (Lipinski definition) is 2. The van der Waals surface area contributed by atoms with Gasteiger partial charge < -0.3 is 5.32 Å². The lowest BCUT2D eigenvalue weighted by Gasteiger charge is -2.29. The number of rotatable bonds is 3. The zero-order valence-corrected chi connectivity index (χ0v) is 9.57. The van der Waals surface area contributed by atoms with Gasteiger partial charge in [-0.1, -0.05) is 0 Å². The number of anilines is 1. The third-order valence-electron chi connectivity index (χ3n) is 2.24. The van der Waals surface area contributed by atoms with Crippen molar-refractivity contribution in [1.29, 1.82) is 0 Å². The van der Waals surface area contributed by atoms with Crippen LogP contribution in [0.4, 0.5) is 14.6 Å². The van der Waals surface area contributed by atoms with E-state index in [1.807, 2.05) is 13.8 Å². The summed E-state index contributed by atoms with van der Waals surface area (Å²) in [5.41, 5.74) is -0.521. The van der Waals surface area contributed by atoms with Crippen molar-refractivity contribution in [2.45, 2.75) is 31.7 Å². The molecule has 2 nitrogen and oxygen atoms in total. The monoisotopic (exact) mass is 234 g/mol. The van der Waals surface area contributed by atoms with Crippen LogP contribution in [0.2, 0.25) is 0 Å². The van der Waals surface area contributed by atoms with Gasteiger partial charge >= 0.3 is 0 Å². The summed E-state index contributed by atoms with van der Waals surface area (Å²) in [5, 5.41) is 2.61. The van der Waals surface area contributed by atoms with Crippen molar-refractivity contribution in [3.63, 3.8) is 0 Å². The highest BCUT2D eigenvalue weighted by Crippen LogP contribution is 2.22. The quantitative estimate of drug-likeness (QED) is 0.813. The van der Waals surface area contributed by atoms with E-state index in [-0.39, 0.29) is 11.2 Å². The van der Waals surface area contributed by atoms with Crippen LogP contribution in [0.1, 0.15) is 20.8 Å². The first-order valence-corrected chi connectivity index (χ1v) is 5.00. The van der Waals surface area contributed by atoms with Gasteiger partial charge in [0.2, 0.25) is 0 Å². The van der Waals surface area contributed by atoms with E-state index in [1.54, 1.807) is 6.92 Å². The third kappa shape index (κ3) is 3.02. The average Bonchev–Trinajstić information content (AvgIpc) is 2.09. The summed E-state index contributed by atoms with van der Waals surface area (Å²) in [7, 11) is 0. The molecule has 0 radical (unpaired) electrons. The Morgan fingerprint density at radius 3 is 2.53 bits per heavy atom. The molecule has 1 unspecified atom stereocenters. The molecule has 0 amide bonds. The number of pyridine rings is 1. The number of aromatic nitrogens is 1. The predicted octanol–water partition coefficient (Wildman–Crippen LogP) is 3.18. The van der Waals surface area contributed by atoms with E-state index in [2.05, 4.69) is 10.3 Å². The molecule has 0 aliphatic heterocycles. The van der Waals surface area contributed by atoms with E-state index < -0.39 is 17.2 Å². The van der Waals surface area contributed by atoms with Gasteiger partial charge in [-0.05, 0) is 20.8 Å². The van der Waals surface area contributed by atoms with Crippen molar-refractivity contribution < 1.29 is 8.78 Å². The molecule has 0 aromatic carbocycles. The summed E-state index contributed by atoms with van der Waals surface area (Å²) in [4.78, 5) is 3.63. The minimum absolute atomic E-state index is 0.00824. The van der Waals surface area contributed by atoms with Crippen molar-refractivity contribution in [1.82, 2.24) is 4.98 Å². The Labute approximate surface area is 92.7 Å². The van der Waals surface area contributed by atoms with Crippen LogP contribution < -0.4 is 5.32 Å². The molecule has 0 fully saturated rings. The van der Waals surface area contributed by atoms with E-state index in [9.17, 15) is 8.78 Å². The fourth-order valence-electron chi connectivity index (χ4n) is 0.911. The van der Waals surface area contributed by atoms with Gasteiger partial charge in [0.05, 0.1) is 11.6 Å². The maximum atomic E-state index is 13.2. The van der Waals surface area contributed by atoms with Crippen LogP contribution in [0.15, 0.2) is 12.3 Å². The molecule has 0 saturated carbocycles. The second kappa shape index (κ2) is 4.31. The highest BCUT2D eigenvalue weighted by molar-refractivity contribution is 6.21. The molecule has 1 rings (SSSR count). The van der Waals surface area contributed by atoms with E-state index in [1.165, 1.54) is 0 Å². The number of halogens is 3. The molecule has 5 heteroatoms. The summed E-state index contributed by atoms with van der Waals surface area (Å²) in [6, 6.07) is 0.782. The highest BCUT2D eigenvalue weighted by atomic mass is 35.5. The molecule has 15 heavy (non-hydrogen) atoms. The van der Waals surface area contributed by atoms with Crippen molar-refractivity contribution in [2.75, 3.05) is 5.32 Å². The molecule has 1 heterocycles. The molecule has 84 valence electrons. The second-order valence-corrected chi connectivity index (χ2v) is 4.60. The van der Waals surface area contributed by atoms with Crippen LogP contribution in [-0.4, -0.2) is 15.9 Å². The molecular formula is C10H13ClF2N2. The molecule has 0 spiro atoms. The van der Waals surface area contributed by atoms with Crippen LogP contribution in [0.5, 0.6) is 0 Å². The number of nitrogens with one attached hydrogen (secondary N) is 1. The lowest BCUT2D eigenvalue weighted by Crippen LogP contribution is -2.39. The van der Waals surface area contributed by atoms with E-state index >= 15 is 0 Å². The van der Waals surface area contributed by atoms with Crippen molar-refractivity contribution in [2.24, 2.45) is 0 Å². The SMILES string of the molecule is CC(Cl)C(C)(C)Nc1ncc(F)cc1F. The molecule has 0 saturated heterocycles. The van der Waals surface area contributed by atoms with Crippen LogP contribution >= 0.6 is 11.6 Å². The standard InChI is InChI=1S/C10H13ClF2N2/c1-6(11)10(2,3)15-9-8(13)4-7(12)5-14-9/h4-6H,1-3H3,(H,14,15). The first kappa shape index (κ1) is 12.2. The summed E-state index contributed by atoms with van der Waals surface area (Å²) >= 11 is 5.92. The molecule has 1 atom stereocenters. The van der Waals surface area contributed by atoms with Crippen molar-refractivity contribution >= 4 is 17.4 Å². The summed E-state index contributed by atoms with van der Waals surface area (Å²) in [6.07, 6.45) is 0.959. The smallest absolute Gasteiger partial charge is 0.168 e. The van der Waals surface area contributed by atoms with Gasteiger partial charge in [0.1, 0.15) is 5.82 Å². The molecular weight excluding hydrogens is 222 g/mol. The van der Waals surface area contributed by atoms with Gasteiger partial charge in [-0.25, -0.2) is 13.8 Å². The second-order valence-electron chi connectivity index (χ2n) is 3.95. The van der Waals surface area contributed by atoms with Gasteiger partial charge in [-0.3, -0.25) is 0 Å². The van der Waals surface area contributed by atoms with Gasteiger partial charge in [0.15, 0.2) is 11.6 Å². The fourth-order valence-corrected chi connectivity index (χ4v) is 0.966. The van der Waals surface area contributed by atoms with Gasteiger partial charge in [-0.2, -0.15) is 0 Å². The Morgan fingerprint density at radius 2 is 2.07 bits per heavy atom. The lowest BCUT2D eigenvalue weighted by molar-refractivity contribution is 0.532. The zero-order valence-electron chi connectivity index (χ0n) is 8.81. The third-order valence-corrected chi connectivity index (χ3v) is 2.79. The van der Waals surface area contributed by atoms with Gasteiger partial charge in [0, 0.05) is 11.6 Å². The van der Waals surface area contributed by atoms with Crippen molar-refractivity contribution in [3.8, 4) is 0 Å². The number of alkyl halides is 1. The van der Waals surface area contributed by atoms with Crippen molar-refractivity contribution in [3.05, 3.63) is 23.9 Å². The average molecular weight is 235 g/mol. The van der Waals surface area contributed by atoms with Crippen LogP contribution in [-0.2, 0) is 0 Å². The molecule has 1 aromatic heterocycles. The highest BCUT2D eigenvalue weighted by Gasteiger charge is 2.25. The first-order valence-electron chi connectivity index (χ1n) is 4.56.